The van der Waals surface area contributed by atoms with E-state index in [1.54, 1.807) is 24.3 Å². The molecule has 0 atom stereocenters. The van der Waals surface area contributed by atoms with E-state index in [-0.39, 0.29) is 19.6 Å². The van der Waals surface area contributed by atoms with Crippen molar-refractivity contribution in [1.29, 1.82) is 0 Å². The second-order valence-corrected chi connectivity index (χ2v) is 9.18. The first-order valence-corrected chi connectivity index (χ1v) is 11.4. The summed E-state index contributed by atoms with van der Waals surface area (Å²) in [6.45, 7) is 1.27. The van der Waals surface area contributed by atoms with Gasteiger partial charge >= 0.3 is 0 Å². The van der Waals surface area contributed by atoms with E-state index < -0.39 is 15.9 Å². The zero-order valence-corrected chi connectivity index (χ0v) is 17.6. The number of hydrogen-bond donors (Lipinski definition) is 1. The summed E-state index contributed by atoms with van der Waals surface area (Å²) >= 11 is 5.86. The van der Waals surface area contributed by atoms with Crippen LogP contribution in [0.15, 0.2) is 42.5 Å². The van der Waals surface area contributed by atoms with Crippen molar-refractivity contribution in [3.63, 3.8) is 0 Å². The summed E-state index contributed by atoms with van der Waals surface area (Å²) in [5, 5.41) is 3.32. The average molecular weight is 439 g/mol. The zero-order valence-electron chi connectivity index (χ0n) is 16.1. The van der Waals surface area contributed by atoms with Gasteiger partial charge in [0.25, 0.3) is 0 Å². The first-order chi connectivity index (χ1) is 13.8. The summed E-state index contributed by atoms with van der Waals surface area (Å²) in [6, 6.07) is 12.3. The largest absolute Gasteiger partial charge is 0.490 e. The van der Waals surface area contributed by atoms with Gasteiger partial charge < -0.3 is 14.8 Å². The zero-order chi connectivity index (χ0) is 20.9. The Bertz CT molecular complexity index is 963. The number of ether oxygens (including phenoxy) is 2. The van der Waals surface area contributed by atoms with Crippen LogP contribution < -0.4 is 14.8 Å². The summed E-state index contributed by atoms with van der Waals surface area (Å²) in [5.41, 5.74) is 1.58. The molecule has 1 heterocycles. The molecule has 1 N–H and O–H groups in total. The minimum absolute atomic E-state index is 0.0907. The van der Waals surface area contributed by atoms with Crippen LogP contribution in [0.3, 0.4) is 0 Å². The predicted molar refractivity (Wildman–Crippen MR) is 111 cm³/mol. The monoisotopic (exact) mass is 438 g/mol. The van der Waals surface area contributed by atoms with Crippen LogP contribution >= 0.6 is 11.6 Å². The highest BCUT2D eigenvalue weighted by molar-refractivity contribution is 7.88. The summed E-state index contributed by atoms with van der Waals surface area (Å²) in [6.07, 6.45) is 1.90. The predicted octanol–water partition coefficient (Wildman–Crippen LogP) is 2.58. The number of nitrogens with one attached hydrogen (secondary N) is 1. The third-order valence-electron chi connectivity index (χ3n) is 4.36. The van der Waals surface area contributed by atoms with Crippen molar-refractivity contribution in [1.82, 2.24) is 9.62 Å². The molecule has 2 aromatic carbocycles. The molecule has 3 rings (SSSR count). The van der Waals surface area contributed by atoms with E-state index in [9.17, 15) is 13.2 Å². The summed E-state index contributed by atoms with van der Waals surface area (Å²) in [4.78, 5) is 12.4. The lowest BCUT2D eigenvalue weighted by Gasteiger charge is -2.19. The molecule has 1 aliphatic rings. The van der Waals surface area contributed by atoms with Crippen LogP contribution in [0.5, 0.6) is 11.5 Å². The highest BCUT2D eigenvalue weighted by Gasteiger charge is 2.20. The lowest BCUT2D eigenvalue weighted by molar-refractivity contribution is -0.121. The van der Waals surface area contributed by atoms with Crippen molar-refractivity contribution < 1.29 is 22.7 Å². The maximum atomic E-state index is 12.4. The Morgan fingerprint density at radius 3 is 2.41 bits per heavy atom. The van der Waals surface area contributed by atoms with E-state index >= 15 is 0 Å². The molecule has 0 aliphatic carbocycles. The van der Waals surface area contributed by atoms with Crippen molar-refractivity contribution in [2.24, 2.45) is 0 Å². The maximum Gasteiger partial charge on any atom is 0.235 e. The molecule has 1 aliphatic heterocycles. The number of rotatable bonds is 7. The molecule has 1 amide bonds. The Kier molecular flexibility index (Phi) is 7.00. The van der Waals surface area contributed by atoms with E-state index in [0.29, 0.717) is 29.7 Å². The van der Waals surface area contributed by atoms with Crippen LogP contribution in [-0.2, 0) is 27.9 Å². The van der Waals surface area contributed by atoms with Crippen LogP contribution in [0, 0.1) is 0 Å². The molecule has 156 valence electrons. The molecule has 7 nitrogen and oxygen atoms in total. The Balaban J connectivity index is 1.60. The number of carbonyl (C=O) groups excluding carboxylic acids is 1. The van der Waals surface area contributed by atoms with E-state index in [0.717, 1.165) is 28.1 Å². The van der Waals surface area contributed by atoms with Crippen LogP contribution in [0.2, 0.25) is 5.02 Å². The maximum absolute atomic E-state index is 12.4. The number of fused-ring (bicyclic) bond motifs is 1. The van der Waals surface area contributed by atoms with E-state index in [4.69, 9.17) is 21.1 Å². The minimum Gasteiger partial charge on any atom is -0.490 e. The molecule has 0 bridgehead atoms. The number of halogens is 1. The van der Waals surface area contributed by atoms with Gasteiger partial charge in [-0.2, -0.15) is 4.31 Å². The van der Waals surface area contributed by atoms with Gasteiger partial charge in [0.15, 0.2) is 11.5 Å². The molecule has 0 fully saturated rings. The molecule has 0 saturated heterocycles. The van der Waals surface area contributed by atoms with Gasteiger partial charge in [0.05, 0.1) is 26.0 Å². The highest BCUT2D eigenvalue weighted by atomic mass is 35.5. The Hall–Kier alpha value is -2.29. The molecule has 0 spiro atoms. The first-order valence-electron chi connectivity index (χ1n) is 9.16. The van der Waals surface area contributed by atoms with Crippen LogP contribution in [0.4, 0.5) is 0 Å². The van der Waals surface area contributed by atoms with Gasteiger partial charge in [-0.3, -0.25) is 4.79 Å². The molecule has 2 aromatic rings. The van der Waals surface area contributed by atoms with Gasteiger partial charge in [-0.05, 0) is 35.4 Å². The molecule has 0 radical (unpaired) electrons. The number of sulfonamides is 1. The fourth-order valence-corrected chi connectivity index (χ4v) is 3.68. The highest BCUT2D eigenvalue weighted by Crippen LogP contribution is 2.30. The lowest BCUT2D eigenvalue weighted by Crippen LogP contribution is -2.39. The summed E-state index contributed by atoms with van der Waals surface area (Å²) < 4.78 is 36.5. The van der Waals surface area contributed by atoms with Gasteiger partial charge in [-0.15, -0.1) is 0 Å². The van der Waals surface area contributed by atoms with Crippen LogP contribution in [0.1, 0.15) is 17.5 Å². The molecule has 0 unspecified atom stereocenters. The summed E-state index contributed by atoms with van der Waals surface area (Å²) in [7, 11) is -3.56. The minimum atomic E-state index is -3.56. The fourth-order valence-electron chi connectivity index (χ4n) is 2.82. The number of amides is 1. The van der Waals surface area contributed by atoms with Gasteiger partial charge in [-0.1, -0.05) is 29.8 Å². The van der Waals surface area contributed by atoms with Gasteiger partial charge in [-0.25, -0.2) is 8.42 Å². The number of hydrogen-bond acceptors (Lipinski definition) is 5. The molecule has 0 aromatic heterocycles. The molecule has 29 heavy (non-hydrogen) atoms. The van der Waals surface area contributed by atoms with E-state index in [1.807, 2.05) is 18.2 Å². The topological polar surface area (TPSA) is 84.9 Å². The number of nitrogens with zero attached hydrogens (tertiary/aromatic N) is 1. The van der Waals surface area contributed by atoms with Crippen LogP contribution in [-0.4, -0.2) is 44.6 Å². The Morgan fingerprint density at radius 2 is 1.72 bits per heavy atom. The van der Waals surface area contributed by atoms with Gasteiger partial charge in [0, 0.05) is 24.5 Å². The number of carbonyl (C=O) groups is 1. The fraction of sp³-hybridized carbons (Fsp3) is 0.350. The molecular weight excluding hydrogens is 416 g/mol. The Morgan fingerprint density at radius 1 is 1.07 bits per heavy atom. The normalized spacial score (nSPS) is 13.8. The molecule has 9 heteroatoms. The number of benzene rings is 2. The van der Waals surface area contributed by atoms with Crippen molar-refractivity contribution in [2.45, 2.75) is 19.5 Å². The lowest BCUT2D eigenvalue weighted by atomic mass is 10.2. The van der Waals surface area contributed by atoms with Gasteiger partial charge in [0.1, 0.15) is 0 Å². The van der Waals surface area contributed by atoms with Crippen molar-refractivity contribution in [3.05, 3.63) is 58.6 Å². The molecular formula is C20H23ClN2O5S. The SMILES string of the molecule is CS(=O)(=O)N(CC(=O)NCc1ccc2c(c1)OCCCO2)Cc1ccc(Cl)cc1. The van der Waals surface area contributed by atoms with E-state index in [1.165, 1.54) is 0 Å². The smallest absolute Gasteiger partial charge is 0.235 e. The van der Waals surface area contributed by atoms with Crippen molar-refractivity contribution in [2.75, 3.05) is 26.0 Å². The molecule has 0 saturated carbocycles. The second kappa shape index (κ2) is 9.47. The van der Waals surface area contributed by atoms with Crippen molar-refractivity contribution >= 4 is 27.5 Å². The summed E-state index contributed by atoms with van der Waals surface area (Å²) in [5.74, 6) is 0.940. The quantitative estimate of drug-likeness (QED) is 0.718. The standard InChI is InChI=1S/C20H23ClN2O5S/c1-29(25,26)23(13-15-3-6-17(21)7-4-15)14-20(24)22-12-16-5-8-18-19(11-16)28-10-2-9-27-18/h3-8,11H,2,9-10,12-14H2,1H3,(H,22,24). The Labute approximate surface area is 175 Å². The second-order valence-electron chi connectivity index (χ2n) is 6.77. The van der Waals surface area contributed by atoms with Crippen LogP contribution in [0.25, 0.3) is 0 Å². The van der Waals surface area contributed by atoms with E-state index in [2.05, 4.69) is 5.32 Å². The third-order valence-corrected chi connectivity index (χ3v) is 5.81. The average Bonchev–Trinajstić information content (AvgIpc) is 2.91. The van der Waals surface area contributed by atoms with Gasteiger partial charge in [0.2, 0.25) is 15.9 Å². The third kappa shape index (κ3) is 6.35. The first kappa shape index (κ1) is 21.4. The van der Waals surface area contributed by atoms with Crippen molar-refractivity contribution in [3.8, 4) is 11.5 Å².